The quantitative estimate of drug-likeness (QED) is 0.792. The number of esters is 1. The highest BCUT2D eigenvalue weighted by atomic mass is 35.5. The molecule has 0 amide bonds. The Hall–Kier alpha value is -1.20. The summed E-state index contributed by atoms with van der Waals surface area (Å²) in [5, 5.41) is 0.855. The Bertz CT molecular complexity index is 612. The van der Waals surface area contributed by atoms with Gasteiger partial charge in [-0.2, -0.15) is 0 Å². The summed E-state index contributed by atoms with van der Waals surface area (Å²) in [6.07, 6.45) is 0.650. The molecule has 6 heteroatoms. The molecule has 18 heavy (non-hydrogen) atoms. The summed E-state index contributed by atoms with van der Waals surface area (Å²) < 4.78 is 10.6. The third-order valence-corrected chi connectivity index (χ3v) is 3.98. The van der Waals surface area contributed by atoms with E-state index in [0.29, 0.717) is 27.8 Å². The highest BCUT2D eigenvalue weighted by Crippen LogP contribution is 2.33. The van der Waals surface area contributed by atoms with Crippen molar-refractivity contribution in [2.24, 2.45) is 0 Å². The zero-order valence-corrected chi connectivity index (χ0v) is 11.1. The van der Waals surface area contributed by atoms with Crippen molar-refractivity contribution in [2.75, 3.05) is 0 Å². The summed E-state index contributed by atoms with van der Waals surface area (Å²) >= 11 is 7.18. The van der Waals surface area contributed by atoms with E-state index < -0.39 is 0 Å². The number of aromatic nitrogens is 1. The number of hydrogen-bond donors (Lipinski definition) is 0. The fourth-order valence-electron chi connectivity index (χ4n) is 1.87. The molecular weight excluding hydrogens is 274 g/mol. The molecule has 0 radical (unpaired) electrons. The molecule has 2 atom stereocenters. The van der Waals surface area contributed by atoms with Gasteiger partial charge in [0.05, 0.1) is 0 Å². The molecule has 1 aliphatic heterocycles. The lowest BCUT2D eigenvalue weighted by molar-refractivity contribution is -0.140. The molecule has 0 saturated carbocycles. The second-order valence-electron chi connectivity index (χ2n) is 4.18. The standard InChI is InChI=1S/C12H10ClNO3S/c1-6-4-10(11(15)16-6)18-12-14-8-5-7(13)2-3-9(8)17-12/h2-3,5-6,10H,4H2,1H3/t6-,10-/m0/s1. The van der Waals surface area contributed by atoms with Crippen molar-refractivity contribution < 1.29 is 13.9 Å². The van der Waals surface area contributed by atoms with E-state index >= 15 is 0 Å². The van der Waals surface area contributed by atoms with Gasteiger partial charge >= 0.3 is 5.97 Å². The minimum absolute atomic E-state index is 0.0335. The Morgan fingerprint density at radius 2 is 2.33 bits per heavy atom. The zero-order chi connectivity index (χ0) is 12.7. The van der Waals surface area contributed by atoms with Gasteiger partial charge in [0.15, 0.2) is 5.58 Å². The Labute approximate surface area is 113 Å². The van der Waals surface area contributed by atoms with Gasteiger partial charge in [-0.3, -0.25) is 4.79 Å². The number of cyclic esters (lactones) is 1. The summed E-state index contributed by atoms with van der Waals surface area (Å²) in [5.41, 5.74) is 1.37. The molecule has 0 aliphatic carbocycles. The van der Waals surface area contributed by atoms with Crippen LogP contribution in [0, 0.1) is 0 Å². The summed E-state index contributed by atoms with van der Waals surface area (Å²) in [6, 6.07) is 5.25. The van der Waals surface area contributed by atoms with E-state index in [1.165, 1.54) is 11.8 Å². The van der Waals surface area contributed by atoms with Gasteiger partial charge in [0.25, 0.3) is 5.22 Å². The molecule has 2 heterocycles. The van der Waals surface area contributed by atoms with Gasteiger partial charge in [-0.1, -0.05) is 23.4 Å². The first-order valence-electron chi connectivity index (χ1n) is 5.55. The van der Waals surface area contributed by atoms with E-state index in [9.17, 15) is 4.79 Å². The molecule has 94 valence electrons. The van der Waals surface area contributed by atoms with Crippen molar-refractivity contribution in [1.82, 2.24) is 4.98 Å². The molecule has 1 fully saturated rings. The van der Waals surface area contributed by atoms with Gasteiger partial charge < -0.3 is 9.15 Å². The number of carbonyl (C=O) groups is 1. The lowest BCUT2D eigenvalue weighted by Crippen LogP contribution is -2.09. The Kier molecular flexibility index (Phi) is 2.95. The van der Waals surface area contributed by atoms with Gasteiger partial charge in [-0.15, -0.1) is 0 Å². The van der Waals surface area contributed by atoms with Crippen LogP contribution in [0.25, 0.3) is 11.1 Å². The molecule has 2 aromatic rings. The fourth-order valence-corrected chi connectivity index (χ4v) is 3.09. The molecule has 1 saturated heterocycles. The molecule has 1 aromatic heterocycles. The summed E-state index contributed by atoms with van der Waals surface area (Å²) in [5.74, 6) is -0.201. The molecule has 0 bridgehead atoms. The predicted molar refractivity (Wildman–Crippen MR) is 68.8 cm³/mol. The number of hydrogen-bond acceptors (Lipinski definition) is 5. The van der Waals surface area contributed by atoms with Crippen LogP contribution in [0.2, 0.25) is 5.02 Å². The highest BCUT2D eigenvalue weighted by Gasteiger charge is 2.34. The van der Waals surface area contributed by atoms with Crippen LogP contribution in [0.4, 0.5) is 0 Å². The van der Waals surface area contributed by atoms with E-state index in [2.05, 4.69) is 4.98 Å². The van der Waals surface area contributed by atoms with Gasteiger partial charge in [0.2, 0.25) is 0 Å². The normalized spacial score (nSPS) is 23.6. The van der Waals surface area contributed by atoms with Crippen LogP contribution < -0.4 is 0 Å². The maximum atomic E-state index is 11.5. The monoisotopic (exact) mass is 283 g/mol. The van der Waals surface area contributed by atoms with Crippen LogP contribution in [0.15, 0.2) is 27.8 Å². The molecule has 1 aliphatic rings. The minimum Gasteiger partial charge on any atom is -0.462 e. The Morgan fingerprint density at radius 3 is 3.06 bits per heavy atom. The van der Waals surface area contributed by atoms with Crippen molar-refractivity contribution in [2.45, 2.75) is 29.9 Å². The minimum atomic E-state index is -0.233. The molecule has 3 rings (SSSR count). The van der Waals surface area contributed by atoms with Crippen LogP contribution in [0.5, 0.6) is 0 Å². The maximum absolute atomic E-state index is 11.5. The Morgan fingerprint density at radius 1 is 1.50 bits per heavy atom. The SMILES string of the molecule is C[C@H]1C[C@H](Sc2nc3cc(Cl)ccc3o2)C(=O)O1. The average Bonchev–Trinajstić information content (AvgIpc) is 2.82. The highest BCUT2D eigenvalue weighted by molar-refractivity contribution is 8.00. The largest absolute Gasteiger partial charge is 0.462 e. The van der Waals surface area contributed by atoms with Gasteiger partial charge in [0.1, 0.15) is 16.9 Å². The number of nitrogens with zero attached hydrogens (tertiary/aromatic N) is 1. The summed E-state index contributed by atoms with van der Waals surface area (Å²) in [6.45, 7) is 1.88. The van der Waals surface area contributed by atoms with Gasteiger partial charge in [-0.05, 0) is 25.1 Å². The van der Waals surface area contributed by atoms with Crippen LogP contribution in [0.3, 0.4) is 0 Å². The number of fused-ring (bicyclic) bond motifs is 1. The van der Waals surface area contributed by atoms with Crippen molar-refractivity contribution in [3.05, 3.63) is 23.2 Å². The maximum Gasteiger partial charge on any atom is 0.320 e. The lowest BCUT2D eigenvalue weighted by Gasteiger charge is -1.99. The second-order valence-corrected chi connectivity index (χ2v) is 5.77. The van der Waals surface area contributed by atoms with E-state index in [0.717, 1.165) is 0 Å². The summed E-state index contributed by atoms with van der Waals surface area (Å²) in [4.78, 5) is 15.8. The van der Waals surface area contributed by atoms with Gasteiger partial charge in [-0.25, -0.2) is 4.98 Å². The second kappa shape index (κ2) is 4.48. The van der Waals surface area contributed by atoms with Crippen LogP contribution in [-0.2, 0) is 9.53 Å². The van der Waals surface area contributed by atoms with Crippen molar-refractivity contribution in [3.63, 3.8) is 0 Å². The molecule has 0 N–H and O–H groups in total. The molecule has 4 nitrogen and oxygen atoms in total. The first-order valence-corrected chi connectivity index (χ1v) is 6.81. The van der Waals surface area contributed by atoms with E-state index in [-0.39, 0.29) is 17.3 Å². The van der Waals surface area contributed by atoms with Crippen molar-refractivity contribution in [1.29, 1.82) is 0 Å². The van der Waals surface area contributed by atoms with E-state index in [1.54, 1.807) is 18.2 Å². The third kappa shape index (κ3) is 2.20. The zero-order valence-electron chi connectivity index (χ0n) is 9.55. The van der Waals surface area contributed by atoms with Crippen LogP contribution >= 0.6 is 23.4 Å². The third-order valence-electron chi connectivity index (χ3n) is 2.70. The number of carbonyl (C=O) groups excluding carboxylic acids is 1. The number of oxazole rings is 1. The van der Waals surface area contributed by atoms with E-state index in [4.69, 9.17) is 20.8 Å². The first-order chi connectivity index (χ1) is 8.61. The Balaban J connectivity index is 1.85. The van der Waals surface area contributed by atoms with E-state index in [1.807, 2.05) is 6.92 Å². The smallest absolute Gasteiger partial charge is 0.320 e. The number of halogens is 1. The first kappa shape index (κ1) is 11.9. The van der Waals surface area contributed by atoms with Crippen LogP contribution in [-0.4, -0.2) is 22.3 Å². The lowest BCUT2D eigenvalue weighted by atomic mass is 10.3. The molecular formula is C12H10ClNO3S. The number of benzene rings is 1. The molecule has 1 aromatic carbocycles. The average molecular weight is 284 g/mol. The predicted octanol–water partition coefficient (Wildman–Crippen LogP) is 3.28. The number of ether oxygens (including phenoxy) is 1. The number of thioether (sulfide) groups is 1. The fraction of sp³-hybridized carbons (Fsp3) is 0.333. The van der Waals surface area contributed by atoms with Crippen molar-refractivity contribution in [3.8, 4) is 0 Å². The molecule has 0 spiro atoms. The van der Waals surface area contributed by atoms with Crippen LogP contribution in [0.1, 0.15) is 13.3 Å². The molecule has 0 unspecified atom stereocenters. The topological polar surface area (TPSA) is 52.3 Å². The summed E-state index contributed by atoms with van der Waals surface area (Å²) in [7, 11) is 0. The van der Waals surface area contributed by atoms with Gasteiger partial charge in [0, 0.05) is 11.4 Å². The van der Waals surface area contributed by atoms with Crippen molar-refractivity contribution >= 4 is 40.4 Å². The number of rotatable bonds is 2.